The van der Waals surface area contributed by atoms with Crippen molar-refractivity contribution in [3.8, 4) is 0 Å². The molecule has 0 atom stereocenters. The number of anilines is 1. The van der Waals surface area contributed by atoms with Gasteiger partial charge in [0.05, 0.1) is 34.4 Å². The van der Waals surface area contributed by atoms with Gasteiger partial charge in [0.2, 0.25) is 21.8 Å². The summed E-state index contributed by atoms with van der Waals surface area (Å²) in [5.41, 5.74) is 1.91. The number of benzene rings is 1. The van der Waals surface area contributed by atoms with Crippen LogP contribution in [-0.4, -0.2) is 59.7 Å². The van der Waals surface area contributed by atoms with E-state index in [1.807, 2.05) is 11.5 Å². The van der Waals surface area contributed by atoms with Gasteiger partial charge in [0, 0.05) is 39.7 Å². The van der Waals surface area contributed by atoms with Crippen molar-refractivity contribution in [3.63, 3.8) is 0 Å². The lowest BCUT2D eigenvalue weighted by molar-refractivity contribution is -0.124. The Morgan fingerprint density at radius 2 is 1.94 bits per heavy atom. The van der Waals surface area contributed by atoms with E-state index in [4.69, 9.17) is 0 Å². The van der Waals surface area contributed by atoms with Crippen LogP contribution in [0.3, 0.4) is 0 Å². The smallest absolute Gasteiger partial charge is 0.243 e. The lowest BCUT2D eigenvalue weighted by Crippen LogP contribution is -2.33. The van der Waals surface area contributed by atoms with Crippen LogP contribution in [0.25, 0.3) is 11.0 Å². The molecule has 3 rings (SSSR count). The Morgan fingerprint density at radius 3 is 2.59 bits per heavy atom. The van der Waals surface area contributed by atoms with Gasteiger partial charge in [-0.3, -0.25) is 14.6 Å². The van der Waals surface area contributed by atoms with Crippen molar-refractivity contribution in [2.75, 3.05) is 26.0 Å². The van der Waals surface area contributed by atoms with E-state index in [-0.39, 0.29) is 29.7 Å². The van der Waals surface area contributed by atoms with Gasteiger partial charge < -0.3 is 15.2 Å². The number of rotatable bonds is 9. The molecule has 2 amide bonds. The van der Waals surface area contributed by atoms with E-state index in [2.05, 4.69) is 20.6 Å². The first-order valence-electron chi connectivity index (χ1n) is 10.1. The quantitative estimate of drug-likeness (QED) is 0.499. The molecule has 32 heavy (non-hydrogen) atoms. The number of carbonyl (C=O) groups excluding carboxylic acids is 2. The molecule has 0 spiro atoms. The number of nitrogens with zero attached hydrogens (tertiary/aromatic N) is 4. The summed E-state index contributed by atoms with van der Waals surface area (Å²) in [6.07, 6.45) is 3.62. The predicted molar refractivity (Wildman–Crippen MR) is 120 cm³/mol. The zero-order valence-electron chi connectivity index (χ0n) is 18.2. The van der Waals surface area contributed by atoms with Crippen molar-refractivity contribution >= 4 is 38.6 Å². The Bertz CT molecular complexity index is 1220. The lowest BCUT2D eigenvalue weighted by atomic mass is 10.2. The molecule has 0 unspecified atom stereocenters. The highest BCUT2D eigenvalue weighted by atomic mass is 32.2. The highest BCUT2D eigenvalue weighted by Crippen LogP contribution is 2.22. The number of aryl methyl sites for hydroxylation is 2. The van der Waals surface area contributed by atoms with Gasteiger partial charge in [-0.15, -0.1) is 0 Å². The minimum absolute atomic E-state index is 0.145. The van der Waals surface area contributed by atoms with Crippen LogP contribution in [0.5, 0.6) is 0 Å². The fraction of sp³-hybridized carbons (Fsp3) is 0.333. The first kappa shape index (κ1) is 23.4. The molecule has 3 aromatic rings. The minimum atomic E-state index is -3.56. The second-order valence-corrected chi connectivity index (χ2v) is 9.43. The highest BCUT2D eigenvalue weighted by Gasteiger charge is 2.19. The fourth-order valence-electron chi connectivity index (χ4n) is 3.21. The normalized spacial score (nSPS) is 11.6. The van der Waals surface area contributed by atoms with Gasteiger partial charge in [0.25, 0.3) is 0 Å². The van der Waals surface area contributed by atoms with Crippen LogP contribution in [0.15, 0.2) is 47.6 Å². The number of imidazole rings is 1. The molecular weight excluding hydrogens is 432 g/mol. The molecule has 1 aromatic carbocycles. The first-order chi connectivity index (χ1) is 15.2. The standard InChI is InChI=1S/C21H26N6O4S/c1-4-27-18-8-7-16(32(30,31)26(2)3)12-17(18)25-19(27)9-10-20(28)23-14-21(29)24-15-6-5-11-22-13-15/h5-8,11-13H,4,9-10,14H2,1-3H3,(H,23,28)(H,24,29). The number of hydrogen-bond acceptors (Lipinski definition) is 6. The van der Waals surface area contributed by atoms with E-state index in [9.17, 15) is 18.0 Å². The molecule has 0 saturated carbocycles. The van der Waals surface area contributed by atoms with Crippen LogP contribution in [0.4, 0.5) is 5.69 Å². The minimum Gasteiger partial charge on any atom is -0.347 e. The Balaban J connectivity index is 1.63. The molecule has 10 nitrogen and oxygen atoms in total. The van der Waals surface area contributed by atoms with E-state index < -0.39 is 10.0 Å². The van der Waals surface area contributed by atoms with E-state index >= 15 is 0 Å². The zero-order valence-corrected chi connectivity index (χ0v) is 19.0. The van der Waals surface area contributed by atoms with Crippen LogP contribution in [-0.2, 0) is 32.6 Å². The van der Waals surface area contributed by atoms with E-state index in [1.165, 1.54) is 20.3 Å². The molecular formula is C21H26N6O4S. The van der Waals surface area contributed by atoms with Crippen molar-refractivity contribution in [1.29, 1.82) is 0 Å². The molecule has 2 heterocycles. The van der Waals surface area contributed by atoms with E-state index in [0.717, 1.165) is 9.82 Å². The van der Waals surface area contributed by atoms with Gasteiger partial charge in [-0.1, -0.05) is 0 Å². The summed E-state index contributed by atoms with van der Waals surface area (Å²) in [6, 6.07) is 8.24. The van der Waals surface area contributed by atoms with Gasteiger partial charge in [-0.2, -0.15) is 0 Å². The van der Waals surface area contributed by atoms with Gasteiger partial charge in [0.15, 0.2) is 0 Å². The Kier molecular flexibility index (Phi) is 7.21. The number of pyridine rings is 1. The number of sulfonamides is 1. The molecule has 0 bridgehead atoms. The van der Waals surface area contributed by atoms with Crippen molar-refractivity contribution in [2.45, 2.75) is 31.2 Å². The summed E-state index contributed by atoms with van der Waals surface area (Å²) in [5.74, 6) is 0.0514. The van der Waals surface area contributed by atoms with Gasteiger partial charge >= 0.3 is 0 Å². The van der Waals surface area contributed by atoms with Crippen LogP contribution >= 0.6 is 0 Å². The molecule has 0 radical (unpaired) electrons. The van der Waals surface area contributed by atoms with Gasteiger partial charge in [0.1, 0.15) is 5.82 Å². The molecule has 170 valence electrons. The topological polar surface area (TPSA) is 126 Å². The third-order valence-electron chi connectivity index (χ3n) is 4.86. The summed E-state index contributed by atoms with van der Waals surface area (Å²) in [4.78, 5) is 32.8. The summed E-state index contributed by atoms with van der Waals surface area (Å²) < 4.78 is 27.9. The molecule has 0 fully saturated rings. The number of aromatic nitrogens is 3. The molecule has 0 aliphatic heterocycles. The third-order valence-corrected chi connectivity index (χ3v) is 6.67. The maximum atomic E-state index is 12.4. The summed E-state index contributed by atoms with van der Waals surface area (Å²) in [6.45, 7) is 2.43. The monoisotopic (exact) mass is 458 g/mol. The van der Waals surface area contributed by atoms with Gasteiger partial charge in [-0.25, -0.2) is 17.7 Å². The molecule has 0 aliphatic carbocycles. The highest BCUT2D eigenvalue weighted by molar-refractivity contribution is 7.89. The average Bonchev–Trinajstić information content (AvgIpc) is 3.13. The summed E-state index contributed by atoms with van der Waals surface area (Å²) >= 11 is 0. The van der Waals surface area contributed by atoms with Crippen LogP contribution in [0.1, 0.15) is 19.2 Å². The Labute approximate surface area is 186 Å². The lowest BCUT2D eigenvalue weighted by Gasteiger charge is -2.11. The predicted octanol–water partition coefficient (Wildman–Crippen LogP) is 1.39. The van der Waals surface area contributed by atoms with E-state index in [1.54, 1.807) is 36.5 Å². The van der Waals surface area contributed by atoms with Crippen molar-refractivity contribution < 1.29 is 18.0 Å². The second-order valence-electron chi connectivity index (χ2n) is 7.28. The zero-order chi connectivity index (χ0) is 23.3. The first-order valence-corrected chi connectivity index (χ1v) is 11.5. The SMILES string of the molecule is CCn1c(CCC(=O)NCC(=O)Nc2cccnc2)nc2cc(S(=O)(=O)N(C)C)ccc21. The second kappa shape index (κ2) is 9.88. The number of carbonyl (C=O) groups is 2. The Hall–Kier alpha value is -3.31. The van der Waals surface area contributed by atoms with Crippen LogP contribution < -0.4 is 10.6 Å². The maximum Gasteiger partial charge on any atom is 0.243 e. The largest absolute Gasteiger partial charge is 0.347 e. The number of nitrogens with one attached hydrogen (secondary N) is 2. The summed E-state index contributed by atoms with van der Waals surface area (Å²) in [5, 5.41) is 5.24. The number of fused-ring (bicyclic) bond motifs is 1. The number of hydrogen-bond donors (Lipinski definition) is 2. The summed E-state index contributed by atoms with van der Waals surface area (Å²) in [7, 11) is -0.610. The van der Waals surface area contributed by atoms with Crippen LogP contribution in [0, 0.1) is 0 Å². The molecule has 11 heteroatoms. The maximum absolute atomic E-state index is 12.4. The van der Waals surface area contributed by atoms with Crippen molar-refractivity contribution in [3.05, 3.63) is 48.5 Å². The third kappa shape index (κ3) is 5.29. The number of amides is 2. The fourth-order valence-corrected chi connectivity index (χ4v) is 4.13. The Morgan fingerprint density at radius 1 is 1.16 bits per heavy atom. The van der Waals surface area contributed by atoms with E-state index in [0.29, 0.717) is 30.0 Å². The van der Waals surface area contributed by atoms with Crippen molar-refractivity contribution in [2.24, 2.45) is 0 Å². The van der Waals surface area contributed by atoms with Gasteiger partial charge in [-0.05, 0) is 37.3 Å². The van der Waals surface area contributed by atoms with Crippen molar-refractivity contribution in [1.82, 2.24) is 24.2 Å². The molecule has 0 aliphatic rings. The molecule has 2 aromatic heterocycles. The van der Waals surface area contributed by atoms with Crippen LogP contribution in [0.2, 0.25) is 0 Å². The average molecular weight is 459 g/mol. The molecule has 2 N–H and O–H groups in total. The molecule has 0 saturated heterocycles.